The Labute approximate surface area is 245 Å². The minimum Gasteiger partial charge on any atom is -0.455 e. The molecule has 5 aliphatic rings. The second kappa shape index (κ2) is 9.77. The quantitative estimate of drug-likeness (QED) is 0.217. The molecule has 10 heteroatoms. The van der Waals surface area contributed by atoms with Gasteiger partial charge in [0.05, 0.1) is 24.2 Å². The van der Waals surface area contributed by atoms with E-state index < -0.39 is 88.2 Å². The van der Waals surface area contributed by atoms with Crippen LogP contribution in [0.1, 0.15) is 48.5 Å². The summed E-state index contributed by atoms with van der Waals surface area (Å²) in [5.41, 5.74) is -3.72. The highest BCUT2D eigenvalue weighted by Gasteiger charge is 2.78. The number of esters is 1. The highest BCUT2D eigenvalue weighted by atomic mass is 16.7. The van der Waals surface area contributed by atoms with Gasteiger partial charge >= 0.3 is 5.97 Å². The van der Waals surface area contributed by atoms with Gasteiger partial charge in [-0.1, -0.05) is 46.3 Å². The molecule has 10 nitrogen and oxygen atoms in total. The van der Waals surface area contributed by atoms with Crippen molar-refractivity contribution in [3.8, 4) is 0 Å². The fourth-order valence-corrected chi connectivity index (χ4v) is 9.48. The van der Waals surface area contributed by atoms with Crippen LogP contribution in [0.5, 0.6) is 0 Å². The zero-order chi connectivity index (χ0) is 31.3. The predicted molar refractivity (Wildman–Crippen MR) is 149 cm³/mol. The highest BCUT2D eigenvalue weighted by molar-refractivity contribution is 6.00. The second-order valence-corrected chi connectivity index (χ2v) is 14.0. The maximum absolute atomic E-state index is 14.0. The molecule has 2 fully saturated rings. The van der Waals surface area contributed by atoms with Gasteiger partial charge in [0.25, 0.3) is 0 Å². The summed E-state index contributed by atoms with van der Waals surface area (Å²) < 4.78 is 17.4. The van der Waals surface area contributed by atoms with Gasteiger partial charge in [-0.05, 0) is 48.6 Å². The average molecular weight is 587 g/mol. The molecule has 0 amide bonds. The fraction of sp³-hybridized carbons (Fsp3) is 0.656. The van der Waals surface area contributed by atoms with E-state index in [9.17, 15) is 34.8 Å². The first-order valence-corrected chi connectivity index (χ1v) is 14.4. The van der Waals surface area contributed by atoms with Crippen LogP contribution < -0.4 is 0 Å². The molecule has 0 bridgehead atoms. The molecule has 0 aromatic carbocycles. The summed E-state index contributed by atoms with van der Waals surface area (Å²) in [6.07, 6.45) is -0.883. The molecule has 5 rings (SSSR count). The number of fused-ring (bicyclic) bond motifs is 5. The van der Waals surface area contributed by atoms with Crippen molar-refractivity contribution in [2.75, 3.05) is 7.11 Å². The lowest BCUT2D eigenvalue weighted by atomic mass is 9.36. The van der Waals surface area contributed by atoms with Gasteiger partial charge in [-0.2, -0.15) is 0 Å². The van der Waals surface area contributed by atoms with Crippen LogP contribution in [-0.2, 0) is 28.6 Å². The smallest absolute Gasteiger partial charge is 0.331 e. The number of methoxy groups -OCH3 is 1. The number of carbonyl (C=O) groups is 3. The maximum atomic E-state index is 14.0. The van der Waals surface area contributed by atoms with Crippen LogP contribution in [0.15, 0.2) is 47.1 Å². The normalized spacial score (nSPS) is 47.2. The molecule has 12 atom stereocenters. The number of allylic oxidation sites excluding steroid dienone is 4. The molecule has 0 aromatic heterocycles. The van der Waals surface area contributed by atoms with Gasteiger partial charge in [0.1, 0.15) is 6.10 Å². The van der Waals surface area contributed by atoms with Crippen molar-refractivity contribution in [3.05, 3.63) is 47.1 Å². The van der Waals surface area contributed by atoms with Gasteiger partial charge in [0, 0.05) is 41.3 Å². The van der Waals surface area contributed by atoms with Gasteiger partial charge in [0.15, 0.2) is 24.1 Å². The van der Waals surface area contributed by atoms with Crippen LogP contribution in [0.4, 0.5) is 0 Å². The van der Waals surface area contributed by atoms with E-state index in [0.717, 1.165) is 0 Å². The molecule has 0 aromatic rings. The SMILES string of the molecule is CO[C@@H]1C2C(C)(C)C=CC(=O)[C@]2(C)[C@H]2[C@H](O)[C@H](O)[C@]3(C)C(=CC(=O)[C@H]3C3=CC(O)OC3O)[C@]2(C)[C@@H]1OC(=O)C=C(C)C. The first kappa shape index (κ1) is 31.0. The van der Waals surface area contributed by atoms with Crippen LogP contribution in [0.25, 0.3) is 0 Å². The molecule has 1 aliphatic heterocycles. The average Bonchev–Trinajstić information content (AvgIpc) is 3.35. The van der Waals surface area contributed by atoms with Crippen molar-refractivity contribution in [1.82, 2.24) is 0 Å². The predicted octanol–water partition coefficient (Wildman–Crippen LogP) is 1.76. The van der Waals surface area contributed by atoms with Crippen molar-refractivity contribution in [2.24, 2.45) is 39.4 Å². The lowest BCUT2D eigenvalue weighted by Gasteiger charge is -2.69. The van der Waals surface area contributed by atoms with E-state index in [-0.39, 0.29) is 11.4 Å². The van der Waals surface area contributed by atoms with Gasteiger partial charge in [0.2, 0.25) is 0 Å². The molecule has 1 heterocycles. The lowest BCUT2D eigenvalue weighted by molar-refractivity contribution is -0.270. The summed E-state index contributed by atoms with van der Waals surface area (Å²) in [7, 11) is 1.48. The Hall–Kier alpha value is -2.47. The van der Waals surface area contributed by atoms with Crippen LogP contribution in [0, 0.1) is 39.4 Å². The minimum atomic E-state index is -1.61. The third-order valence-electron chi connectivity index (χ3n) is 10.9. The number of ether oxygens (including phenoxy) is 3. The Morgan fingerprint density at radius 1 is 0.976 bits per heavy atom. The molecule has 230 valence electrons. The van der Waals surface area contributed by atoms with Gasteiger partial charge in [-0.3, -0.25) is 9.59 Å². The number of hydrogen-bond donors (Lipinski definition) is 4. The number of carbonyl (C=O) groups excluding carboxylic acids is 3. The first-order chi connectivity index (χ1) is 19.4. The molecule has 0 spiro atoms. The molecule has 0 radical (unpaired) electrons. The molecule has 0 saturated heterocycles. The molecule has 4 aliphatic carbocycles. The lowest BCUT2D eigenvalue weighted by Crippen LogP contribution is -2.76. The van der Waals surface area contributed by atoms with Crippen LogP contribution in [0.2, 0.25) is 0 Å². The molecule has 4 N–H and O–H groups in total. The fourth-order valence-electron chi connectivity index (χ4n) is 9.48. The minimum absolute atomic E-state index is 0.0636. The summed E-state index contributed by atoms with van der Waals surface area (Å²) in [6.45, 7) is 12.5. The van der Waals surface area contributed by atoms with E-state index in [2.05, 4.69) is 0 Å². The summed E-state index contributed by atoms with van der Waals surface area (Å²) >= 11 is 0. The van der Waals surface area contributed by atoms with Gasteiger partial charge in [-0.15, -0.1) is 0 Å². The molecule has 3 unspecified atom stereocenters. The Balaban J connectivity index is 1.80. The van der Waals surface area contributed by atoms with E-state index in [1.807, 2.05) is 13.8 Å². The van der Waals surface area contributed by atoms with Crippen molar-refractivity contribution < 1.29 is 49.0 Å². The largest absolute Gasteiger partial charge is 0.455 e. The number of hydrogen-bond acceptors (Lipinski definition) is 10. The molecule has 42 heavy (non-hydrogen) atoms. The van der Waals surface area contributed by atoms with Crippen molar-refractivity contribution >= 4 is 17.5 Å². The third kappa shape index (κ3) is 3.89. The van der Waals surface area contributed by atoms with Crippen LogP contribution >= 0.6 is 0 Å². The van der Waals surface area contributed by atoms with E-state index in [1.165, 1.54) is 31.4 Å². The Morgan fingerprint density at radius 3 is 2.17 bits per heavy atom. The van der Waals surface area contributed by atoms with Crippen LogP contribution in [-0.4, -0.2) is 82.1 Å². The summed E-state index contributed by atoms with van der Waals surface area (Å²) in [5.74, 6) is -4.17. The van der Waals surface area contributed by atoms with Crippen molar-refractivity contribution in [1.29, 1.82) is 0 Å². The number of ketones is 2. The number of aliphatic hydroxyl groups is 4. The molecular formula is C32H42O10. The van der Waals surface area contributed by atoms with E-state index >= 15 is 0 Å². The summed E-state index contributed by atoms with van der Waals surface area (Å²) in [6, 6.07) is 0. The Morgan fingerprint density at radius 2 is 1.62 bits per heavy atom. The second-order valence-electron chi connectivity index (χ2n) is 14.0. The van der Waals surface area contributed by atoms with Crippen LogP contribution in [0.3, 0.4) is 0 Å². The zero-order valence-corrected chi connectivity index (χ0v) is 25.3. The Kier molecular flexibility index (Phi) is 7.20. The zero-order valence-electron chi connectivity index (χ0n) is 25.3. The van der Waals surface area contributed by atoms with E-state index in [0.29, 0.717) is 11.1 Å². The van der Waals surface area contributed by atoms with Gasteiger partial charge < -0.3 is 34.6 Å². The maximum Gasteiger partial charge on any atom is 0.331 e. The topological polar surface area (TPSA) is 160 Å². The van der Waals surface area contributed by atoms with Gasteiger partial charge in [-0.25, -0.2) is 4.79 Å². The monoisotopic (exact) mass is 586 g/mol. The van der Waals surface area contributed by atoms with E-state index in [1.54, 1.807) is 40.7 Å². The standard InChI is InChI=1S/C32H42O10/c1-14(2)11-19(35)41-27-23(40-8)25-29(3,4)10-9-18(34)32(25,7)24-22(37)26(38)30(5)17(31(24,27)6)13-16(33)21(30)15-12-20(36)42-28(15)39/h9-13,20-28,36-39H,1-8H3/t20?,21-,22+,23-,24+,25?,26+,27-,28?,30-,31+,32-/m1/s1. The van der Waals surface area contributed by atoms with Crippen molar-refractivity contribution in [3.63, 3.8) is 0 Å². The number of rotatable bonds is 4. The number of aliphatic hydroxyl groups excluding tert-OH is 4. The highest BCUT2D eigenvalue weighted by Crippen LogP contribution is 2.72. The Bertz CT molecular complexity index is 1340. The summed E-state index contributed by atoms with van der Waals surface area (Å²) in [5, 5.41) is 44.7. The van der Waals surface area contributed by atoms with Crippen molar-refractivity contribution in [2.45, 2.75) is 85.5 Å². The summed E-state index contributed by atoms with van der Waals surface area (Å²) in [4.78, 5) is 41.1. The molecule has 2 saturated carbocycles. The van der Waals surface area contributed by atoms with E-state index in [4.69, 9.17) is 14.2 Å². The third-order valence-corrected chi connectivity index (χ3v) is 10.9. The molecular weight excluding hydrogens is 544 g/mol. The first-order valence-electron chi connectivity index (χ1n) is 14.4.